The van der Waals surface area contributed by atoms with Gasteiger partial charge in [-0.2, -0.15) is 0 Å². The number of carbonyl (C=O) groups is 2. The predicted molar refractivity (Wildman–Crippen MR) is 112 cm³/mol. The van der Waals surface area contributed by atoms with Gasteiger partial charge in [-0.25, -0.2) is 4.79 Å². The largest absolute Gasteiger partial charge is 0.444 e. The van der Waals surface area contributed by atoms with E-state index in [4.69, 9.17) is 4.74 Å². The van der Waals surface area contributed by atoms with E-state index < -0.39 is 11.7 Å². The number of amides is 2. The van der Waals surface area contributed by atoms with Crippen LogP contribution in [0.25, 0.3) is 0 Å². The normalized spacial score (nSPS) is 17.1. The fourth-order valence-corrected chi connectivity index (χ4v) is 3.31. The lowest BCUT2D eigenvalue weighted by Crippen LogP contribution is -2.51. The molecular weight excluding hydrogens is 358 g/mol. The molecule has 1 atom stereocenters. The predicted octanol–water partition coefficient (Wildman–Crippen LogP) is 2.10. The van der Waals surface area contributed by atoms with Crippen LogP contribution in [0.1, 0.15) is 59.8 Å². The van der Waals surface area contributed by atoms with Crippen LogP contribution in [0, 0.1) is 5.92 Å². The molecule has 0 bridgehead atoms. The van der Waals surface area contributed by atoms with Crippen LogP contribution in [0.5, 0.6) is 0 Å². The molecular formula is C20H39N5O3. The van der Waals surface area contributed by atoms with Crippen LogP contribution in [0.3, 0.4) is 0 Å². The summed E-state index contributed by atoms with van der Waals surface area (Å²) >= 11 is 0. The van der Waals surface area contributed by atoms with Gasteiger partial charge in [-0.15, -0.1) is 0 Å². The summed E-state index contributed by atoms with van der Waals surface area (Å²) in [4.78, 5) is 30.2. The highest BCUT2D eigenvalue weighted by Gasteiger charge is 2.24. The quantitative estimate of drug-likeness (QED) is 0.452. The SMILES string of the molecule is CCCC(CNC(=NC)N1CCC(CC(=O)NC)CC1)NC(=O)OC(C)(C)C. The number of hydrogen-bond acceptors (Lipinski definition) is 4. The molecule has 1 fully saturated rings. The highest BCUT2D eigenvalue weighted by molar-refractivity contribution is 5.80. The van der Waals surface area contributed by atoms with E-state index in [1.165, 1.54) is 0 Å². The first-order valence-corrected chi connectivity index (χ1v) is 10.3. The van der Waals surface area contributed by atoms with Crippen molar-refractivity contribution in [2.75, 3.05) is 33.7 Å². The Hall–Kier alpha value is -1.99. The molecule has 1 aliphatic rings. The minimum Gasteiger partial charge on any atom is -0.444 e. The summed E-state index contributed by atoms with van der Waals surface area (Å²) in [6, 6.07) is -0.0256. The minimum absolute atomic E-state index is 0.0256. The fraction of sp³-hybridized carbons (Fsp3) is 0.850. The maximum Gasteiger partial charge on any atom is 0.407 e. The highest BCUT2D eigenvalue weighted by atomic mass is 16.6. The molecule has 0 aliphatic carbocycles. The van der Waals surface area contributed by atoms with Gasteiger partial charge in [-0.3, -0.25) is 9.79 Å². The number of aliphatic imine (C=N–C) groups is 1. The van der Waals surface area contributed by atoms with Gasteiger partial charge >= 0.3 is 6.09 Å². The van der Waals surface area contributed by atoms with Crippen LogP contribution in [-0.4, -0.2) is 68.2 Å². The van der Waals surface area contributed by atoms with Crippen LogP contribution >= 0.6 is 0 Å². The standard InChI is InChI=1S/C20H39N5O3/c1-7-8-16(24-19(27)28-20(2,3)4)14-23-18(22-6)25-11-9-15(10-12-25)13-17(26)21-5/h15-16H,7-14H2,1-6H3,(H,21,26)(H,22,23)(H,24,27). The molecule has 8 heteroatoms. The zero-order chi connectivity index (χ0) is 21.2. The molecule has 0 saturated carbocycles. The molecule has 3 N–H and O–H groups in total. The summed E-state index contributed by atoms with van der Waals surface area (Å²) in [5, 5.41) is 9.03. The number of carbonyl (C=O) groups excluding carboxylic acids is 2. The van der Waals surface area contributed by atoms with E-state index in [0.29, 0.717) is 18.9 Å². The van der Waals surface area contributed by atoms with E-state index in [1.54, 1.807) is 14.1 Å². The Labute approximate surface area is 169 Å². The van der Waals surface area contributed by atoms with Crippen molar-refractivity contribution in [2.45, 2.75) is 71.4 Å². The number of hydrogen-bond donors (Lipinski definition) is 3. The average molecular weight is 398 g/mol. The van der Waals surface area contributed by atoms with Gasteiger partial charge in [0.15, 0.2) is 5.96 Å². The molecule has 0 aromatic rings. The van der Waals surface area contributed by atoms with E-state index in [2.05, 4.69) is 32.8 Å². The van der Waals surface area contributed by atoms with Crippen LogP contribution in [-0.2, 0) is 9.53 Å². The Kier molecular flexibility index (Phi) is 10.1. The molecule has 1 saturated heterocycles. The Morgan fingerprint density at radius 1 is 1.25 bits per heavy atom. The van der Waals surface area contributed by atoms with Crippen molar-refractivity contribution >= 4 is 18.0 Å². The summed E-state index contributed by atoms with van der Waals surface area (Å²) < 4.78 is 5.37. The van der Waals surface area contributed by atoms with Crippen molar-refractivity contribution in [3.63, 3.8) is 0 Å². The van der Waals surface area contributed by atoms with Crippen LogP contribution < -0.4 is 16.0 Å². The zero-order valence-corrected chi connectivity index (χ0v) is 18.4. The van der Waals surface area contributed by atoms with Gasteiger partial charge in [0, 0.05) is 46.2 Å². The van der Waals surface area contributed by atoms with E-state index in [0.717, 1.165) is 44.7 Å². The van der Waals surface area contributed by atoms with Crippen molar-refractivity contribution in [3.05, 3.63) is 0 Å². The molecule has 8 nitrogen and oxygen atoms in total. The Morgan fingerprint density at radius 2 is 1.89 bits per heavy atom. The number of nitrogens with zero attached hydrogens (tertiary/aromatic N) is 2. The average Bonchev–Trinajstić information content (AvgIpc) is 2.61. The Balaban J connectivity index is 2.50. The maximum absolute atomic E-state index is 12.1. The maximum atomic E-state index is 12.1. The van der Waals surface area contributed by atoms with Gasteiger partial charge in [0.1, 0.15) is 5.60 Å². The lowest BCUT2D eigenvalue weighted by molar-refractivity contribution is -0.121. The van der Waals surface area contributed by atoms with E-state index in [-0.39, 0.29) is 11.9 Å². The minimum atomic E-state index is -0.511. The van der Waals surface area contributed by atoms with Gasteiger partial charge in [-0.05, 0) is 46.0 Å². The summed E-state index contributed by atoms with van der Waals surface area (Å²) in [7, 11) is 3.45. The first kappa shape index (κ1) is 24.0. The van der Waals surface area contributed by atoms with Gasteiger partial charge < -0.3 is 25.6 Å². The second kappa shape index (κ2) is 11.8. The molecule has 1 aliphatic heterocycles. The number of guanidine groups is 1. The van der Waals surface area contributed by atoms with Gasteiger partial charge in [0.25, 0.3) is 0 Å². The third-order valence-electron chi connectivity index (χ3n) is 4.74. The number of nitrogens with one attached hydrogen (secondary N) is 3. The second-order valence-electron chi connectivity index (χ2n) is 8.37. The number of likely N-dealkylation sites (tertiary alicyclic amines) is 1. The first-order valence-electron chi connectivity index (χ1n) is 10.3. The molecule has 2 amide bonds. The third-order valence-corrected chi connectivity index (χ3v) is 4.74. The molecule has 1 unspecified atom stereocenters. The number of piperidine rings is 1. The van der Waals surface area contributed by atoms with Gasteiger partial charge in [-0.1, -0.05) is 13.3 Å². The smallest absolute Gasteiger partial charge is 0.407 e. The number of ether oxygens (including phenoxy) is 1. The first-order chi connectivity index (χ1) is 13.2. The van der Waals surface area contributed by atoms with Gasteiger partial charge in [0.05, 0.1) is 0 Å². The fourth-order valence-electron chi connectivity index (χ4n) is 3.31. The van der Waals surface area contributed by atoms with E-state index >= 15 is 0 Å². The van der Waals surface area contributed by atoms with Crippen molar-refractivity contribution in [1.29, 1.82) is 0 Å². The molecule has 0 radical (unpaired) electrons. The Morgan fingerprint density at radius 3 is 2.39 bits per heavy atom. The van der Waals surface area contributed by atoms with Crippen molar-refractivity contribution in [1.82, 2.24) is 20.9 Å². The molecule has 28 heavy (non-hydrogen) atoms. The monoisotopic (exact) mass is 397 g/mol. The van der Waals surface area contributed by atoms with Crippen molar-refractivity contribution in [3.8, 4) is 0 Å². The topological polar surface area (TPSA) is 95.1 Å². The van der Waals surface area contributed by atoms with E-state index in [1.807, 2.05) is 20.8 Å². The van der Waals surface area contributed by atoms with Crippen LogP contribution in [0.2, 0.25) is 0 Å². The lowest BCUT2D eigenvalue weighted by Gasteiger charge is -2.34. The molecule has 0 aromatic carbocycles. The second-order valence-corrected chi connectivity index (χ2v) is 8.37. The molecule has 1 rings (SSSR count). The summed E-state index contributed by atoms with van der Waals surface area (Å²) in [6.45, 7) is 10.0. The summed E-state index contributed by atoms with van der Waals surface area (Å²) in [5.74, 6) is 1.37. The molecule has 1 heterocycles. The van der Waals surface area contributed by atoms with E-state index in [9.17, 15) is 9.59 Å². The zero-order valence-electron chi connectivity index (χ0n) is 18.4. The van der Waals surface area contributed by atoms with Crippen LogP contribution in [0.4, 0.5) is 4.79 Å². The highest BCUT2D eigenvalue weighted by Crippen LogP contribution is 2.20. The number of alkyl carbamates (subject to hydrolysis) is 1. The third kappa shape index (κ3) is 9.28. The summed E-state index contributed by atoms with van der Waals surface area (Å²) in [5.41, 5.74) is -0.511. The van der Waals surface area contributed by atoms with Gasteiger partial charge in [0.2, 0.25) is 5.91 Å². The van der Waals surface area contributed by atoms with Crippen molar-refractivity contribution < 1.29 is 14.3 Å². The lowest BCUT2D eigenvalue weighted by atomic mass is 9.93. The summed E-state index contributed by atoms with van der Waals surface area (Å²) in [6.07, 6.45) is 3.97. The molecule has 0 aromatic heterocycles. The van der Waals surface area contributed by atoms with Crippen molar-refractivity contribution in [2.24, 2.45) is 10.9 Å². The Bertz CT molecular complexity index is 522. The number of rotatable bonds is 7. The van der Waals surface area contributed by atoms with Crippen LogP contribution in [0.15, 0.2) is 4.99 Å². The molecule has 0 spiro atoms. The molecule has 162 valence electrons.